The predicted octanol–water partition coefficient (Wildman–Crippen LogP) is 2.97. The topological polar surface area (TPSA) is 75.7 Å². The SMILES string of the molecule is C=CCN(Cc1ccc(C(=O)NCC2CCCO2)cc1)S(=O)(=O)c1ccccc1. The van der Waals surface area contributed by atoms with Crippen LogP contribution in [-0.2, 0) is 21.3 Å². The average molecular weight is 415 g/mol. The molecule has 0 bridgehead atoms. The van der Waals surface area contributed by atoms with Crippen molar-refractivity contribution in [1.82, 2.24) is 9.62 Å². The summed E-state index contributed by atoms with van der Waals surface area (Å²) in [5, 5.41) is 2.88. The van der Waals surface area contributed by atoms with Crippen LogP contribution in [0.3, 0.4) is 0 Å². The number of carbonyl (C=O) groups is 1. The number of carbonyl (C=O) groups excluding carboxylic acids is 1. The van der Waals surface area contributed by atoms with E-state index < -0.39 is 10.0 Å². The van der Waals surface area contributed by atoms with Crippen molar-refractivity contribution in [3.63, 3.8) is 0 Å². The number of nitrogens with one attached hydrogen (secondary N) is 1. The van der Waals surface area contributed by atoms with Gasteiger partial charge in [0.05, 0.1) is 11.0 Å². The second kappa shape index (κ2) is 9.82. The molecule has 154 valence electrons. The highest BCUT2D eigenvalue weighted by Gasteiger charge is 2.23. The van der Waals surface area contributed by atoms with E-state index in [2.05, 4.69) is 11.9 Å². The molecule has 1 N–H and O–H groups in total. The number of amides is 1. The lowest BCUT2D eigenvalue weighted by atomic mass is 10.1. The number of hydrogen-bond donors (Lipinski definition) is 1. The standard InChI is InChI=1S/C22H26N2O4S/c1-2-14-24(29(26,27)21-8-4-3-5-9-21)17-18-10-12-19(13-11-18)22(25)23-16-20-7-6-15-28-20/h2-5,8-13,20H,1,6-7,14-17H2,(H,23,25). The molecule has 1 fully saturated rings. The fraction of sp³-hybridized carbons (Fsp3) is 0.318. The largest absolute Gasteiger partial charge is 0.376 e. The van der Waals surface area contributed by atoms with Crippen molar-refractivity contribution in [2.75, 3.05) is 19.7 Å². The second-order valence-corrected chi connectivity index (χ2v) is 8.88. The summed E-state index contributed by atoms with van der Waals surface area (Å²) in [6, 6.07) is 15.3. The van der Waals surface area contributed by atoms with Gasteiger partial charge >= 0.3 is 0 Å². The second-order valence-electron chi connectivity index (χ2n) is 6.94. The molecule has 1 unspecified atom stereocenters. The molecule has 6 nitrogen and oxygen atoms in total. The summed E-state index contributed by atoms with van der Waals surface area (Å²) in [5.74, 6) is -0.160. The molecule has 0 radical (unpaired) electrons. The van der Waals surface area contributed by atoms with E-state index in [1.165, 1.54) is 4.31 Å². The highest BCUT2D eigenvalue weighted by molar-refractivity contribution is 7.89. The fourth-order valence-corrected chi connectivity index (χ4v) is 4.63. The first kappa shape index (κ1) is 21.2. The predicted molar refractivity (Wildman–Crippen MR) is 112 cm³/mol. The quantitative estimate of drug-likeness (QED) is 0.640. The van der Waals surface area contributed by atoms with Gasteiger partial charge in [-0.3, -0.25) is 4.79 Å². The number of sulfonamides is 1. The van der Waals surface area contributed by atoms with Gasteiger partial charge in [0.2, 0.25) is 10.0 Å². The van der Waals surface area contributed by atoms with Gasteiger partial charge in [0, 0.05) is 31.8 Å². The lowest BCUT2D eigenvalue weighted by molar-refractivity contribution is 0.0857. The van der Waals surface area contributed by atoms with Gasteiger partial charge in [0.15, 0.2) is 0 Å². The normalized spacial score (nSPS) is 16.7. The maximum atomic E-state index is 12.9. The van der Waals surface area contributed by atoms with Crippen LogP contribution in [0.15, 0.2) is 72.1 Å². The van der Waals surface area contributed by atoms with Crippen LogP contribution in [0.1, 0.15) is 28.8 Å². The van der Waals surface area contributed by atoms with Gasteiger partial charge < -0.3 is 10.1 Å². The van der Waals surface area contributed by atoms with Gasteiger partial charge in [-0.2, -0.15) is 4.31 Å². The third-order valence-electron chi connectivity index (χ3n) is 4.80. The molecule has 1 amide bonds. The third-order valence-corrected chi connectivity index (χ3v) is 6.63. The van der Waals surface area contributed by atoms with Gasteiger partial charge in [-0.25, -0.2) is 8.42 Å². The van der Waals surface area contributed by atoms with Crippen LogP contribution >= 0.6 is 0 Å². The zero-order chi connectivity index (χ0) is 20.7. The zero-order valence-electron chi connectivity index (χ0n) is 16.3. The van der Waals surface area contributed by atoms with Crippen molar-refractivity contribution in [3.8, 4) is 0 Å². The van der Waals surface area contributed by atoms with Crippen molar-refractivity contribution < 1.29 is 17.9 Å². The Morgan fingerprint density at radius 2 is 1.90 bits per heavy atom. The molecule has 1 saturated heterocycles. The number of ether oxygens (including phenoxy) is 1. The number of benzene rings is 2. The Balaban J connectivity index is 1.66. The molecular formula is C22H26N2O4S. The van der Waals surface area contributed by atoms with Crippen LogP contribution in [0.25, 0.3) is 0 Å². The van der Waals surface area contributed by atoms with E-state index >= 15 is 0 Å². The Hall–Kier alpha value is -2.48. The Bertz CT molecular complexity index is 921. The molecule has 1 heterocycles. The van der Waals surface area contributed by atoms with E-state index in [1.807, 2.05) is 0 Å². The molecule has 1 aliphatic heterocycles. The van der Waals surface area contributed by atoms with Crippen LogP contribution in [0.5, 0.6) is 0 Å². The first-order chi connectivity index (χ1) is 14.0. The van der Waals surface area contributed by atoms with Crippen molar-refractivity contribution in [3.05, 3.63) is 78.4 Å². The van der Waals surface area contributed by atoms with Crippen molar-refractivity contribution in [2.24, 2.45) is 0 Å². The van der Waals surface area contributed by atoms with Gasteiger partial charge in [-0.1, -0.05) is 36.4 Å². The minimum absolute atomic E-state index is 0.0916. The van der Waals surface area contributed by atoms with Gasteiger partial charge in [-0.15, -0.1) is 6.58 Å². The lowest BCUT2D eigenvalue weighted by Gasteiger charge is -2.21. The Morgan fingerprint density at radius 3 is 2.52 bits per heavy atom. The van der Waals surface area contributed by atoms with Crippen LogP contribution in [0.4, 0.5) is 0 Å². The molecule has 29 heavy (non-hydrogen) atoms. The Morgan fingerprint density at radius 1 is 1.17 bits per heavy atom. The van der Waals surface area contributed by atoms with Crippen LogP contribution in [-0.4, -0.2) is 44.4 Å². The molecular weight excluding hydrogens is 388 g/mol. The maximum absolute atomic E-state index is 12.9. The van der Waals surface area contributed by atoms with Crippen molar-refractivity contribution in [1.29, 1.82) is 0 Å². The fourth-order valence-electron chi connectivity index (χ4n) is 3.21. The maximum Gasteiger partial charge on any atom is 0.251 e. The van der Waals surface area contributed by atoms with Crippen LogP contribution in [0.2, 0.25) is 0 Å². The lowest BCUT2D eigenvalue weighted by Crippen LogP contribution is -2.32. The summed E-state index contributed by atoms with van der Waals surface area (Å²) in [6.07, 6.45) is 3.65. The highest BCUT2D eigenvalue weighted by Crippen LogP contribution is 2.18. The Labute approximate surface area is 172 Å². The minimum atomic E-state index is -3.64. The molecule has 3 rings (SSSR count). The summed E-state index contributed by atoms with van der Waals surface area (Å²) in [5.41, 5.74) is 1.33. The summed E-state index contributed by atoms with van der Waals surface area (Å²) < 4.78 is 32.7. The van der Waals surface area contributed by atoms with Crippen molar-refractivity contribution in [2.45, 2.75) is 30.4 Å². The third kappa shape index (κ3) is 5.53. The summed E-state index contributed by atoms with van der Waals surface area (Å²) in [7, 11) is -3.64. The molecule has 2 aromatic carbocycles. The van der Waals surface area contributed by atoms with E-state index in [0.29, 0.717) is 12.1 Å². The molecule has 0 aromatic heterocycles. The van der Waals surface area contributed by atoms with E-state index in [-0.39, 0.29) is 30.0 Å². The summed E-state index contributed by atoms with van der Waals surface area (Å²) >= 11 is 0. The van der Waals surface area contributed by atoms with Crippen LogP contribution < -0.4 is 5.32 Å². The van der Waals surface area contributed by atoms with Gasteiger partial charge in [0.25, 0.3) is 5.91 Å². The van der Waals surface area contributed by atoms with E-state index in [1.54, 1.807) is 60.7 Å². The smallest absolute Gasteiger partial charge is 0.251 e. The van der Waals surface area contributed by atoms with Crippen LogP contribution in [0, 0.1) is 0 Å². The molecule has 0 spiro atoms. The summed E-state index contributed by atoms with van der Waals surface area (Å²) in [6.45, 7) is 5.32. The average Bonchev–Trinajstić information content (AvgIpc) is 3.26. The monoisotopic (exact) mass is 414 g/mol. The first-order valence-corrected chi connectivity index (χ1v) is 11.1. The minimum Gasteiger partial charge on any atom is -0.376 e. The van der Waals surface area contributed by atoms with Crippen molar-refractivity contribution >= 4 is 15.9 Å². The molecule has 1 atom stereocenters. The molecule has 1 aliphatic rings. The highest BCUT2D eigenvalue weighted by atomic mass is 32.2. The molecule has 0 saturated carbocycles. The van der Waals surface area contributed by atoms with E-state index in [4.69, 9.17) is 4.74 Å². The van der Waals surface area contributed by atoms with E-state index in [0.717, 1.165) is 25.0 Å². The molecule has 2 aromatic rings. The number of nitrogens with zero attached hydrogens (tertiary/aromatic N) is 1. The Kier molecular flexibility index (Phi) is 7.19. The molecule has 0 aliphatic carbocycles. The number of rotatable bonds is 9. The molecule has 7 heteroatoms. The summed E-state index contributed by atoms with van der Waals surface area (Å²) in [4.78, 5) is 12.5. The van der Waals surface area contributed by atoms with Gasteiger partial charge in [0.1, 0.15) is 0 Å². The zero-order valence-corrected chi connectivity index (χ0v) is 17.1. The number of hydrogen-bond acceptors (Lipinski definition) is 4. The van der Waals surface area contributed by atoms with E-state index in [9.17, 15) is 13.2 Å². The first-order valence-electron chi connectivity index (χ1n) is 9.65. The van der Waals surface area contributed by atoms with Gasteiger partial charge in [-0.05, 0) is 42.7 Å².